The number of sulfonamides is 1. The van der Waals surface area contributed by atoms with Gasteiger partial charge in [0.15, 0.2) is 5.78 Å². The van der Waals surface area contributed by atoms with E-state index in [4.69, 9.17) is 0 Å². The first-order valence-corrected chi connectivity index (χ1v) is 15.0. The molecule has 2 saturated heterocycles. The van der Waals surface area contributed by atoms with Crippen LogP contribution in [0.2, 0.25) is 0 Å². The van der Waals surface area contributed by atoms with Gasteiger partial charge >= 0.3 is 18.2 Å². The first-order chi connectivity index (χ1) is 18.2. The van der Waals surface area contributed by atoms with Crippen molar-refractivity contribution in [1.82, 2.24) is 20.7 Å². The largest absolute Gasteiger partial charge is 0.480 e. The van der Waals surface area contributed by atoms with Crippen LogP contribution in [0.1, 0.15) is 41.8 Å². The Bertz CT molecular complexity index is 1240. The topological polar surface area (TPSA) is 188 Å². The number of amides is 3. The maximum absolute atomic E-state index is 12.5. The Kier molecular flexibility index (Phi) is 10.0. The Morgan fingerprint density at radius 2 is 1.90 bits per heavy atom. The smallest absolute Gasteiger partial charge is 0.450 e. The Morgan fingerprint density at radius 1 is 1.18 bits per heavy atom. The summed E-state index contributed by atoms with van der Waals surface area (Å²) < 4.78 is 64.1. The average molecular weight is 615 g/mol. The molecular weight excluding hydrogens is 589 g/mol. The number of nitrogens with one attached hydrogen (secondary N) is 4. The molecule has 0 saturated carbocycles. The van der Waals surface area contributed by atoms with Crippen LogP contribution < -0.4 is 20.7 Å². The summed E-state index contributed by atoms with van der Waals surface area (Å²) in [5.41, 5.74) is 0. The van der Waals surface area contributed by atoms with E-state index in [1.807, 2.05) is 4.72 Å². The van der Waals surface area contributed by atoms with E-state index in [2.05, 4.69) is 16.0 Å². The lowest BCUT2D eigenvalue weighted by Crippen LogP contribution is -2.48. The predicted molar refractivity (Wildman–Crippen MR) is 133 cm³/mol. The van der Waals surface area contributed by atoms with Crippen molar-refractivity contribution in [1.29, 1.82) is 0 Å². The second-order valence-electron chi connectivity index (χ2n) is 8.85. The molecule has 4 atom stereocenters. The zero-order chi connectivity index (χ0) is 29.0. The number of ketones is 2. The molecule has 0 bridgehead atoms. The van der Waals surface area contributed by atoms with E-state index in [0.29, 0.717) is 24.2 Å². The van der Waals surface area contributed by atoms with Crippen molar-refractivity contribution in [3.8, 4) is 0 Å². The molecule has 0 aromatic carbocycles. The standard InChI is InChI=1S/C21H25F3N4O8S3/c22-21(23,24)16(30)6-13(29)15-5-10(8-37-15)39(35,36)25-7-11(19(32)33)26-17(31)4-2-1-3-14-18-12(9-38-14)27-20(34)28-18/h5,8,11-12,14,18,25H,1-4,6-7,9H2,(H,26,31)(H,32,33)(H2,27,28,34)/t11?,12-,14-,18-/m0/s1. The van der Waals surface area contributed by atoms with Crippen LogP contribution in [0.25, 0.3) is 0 Å². The van der Waals surface area contributed by atoms with E-state index in [1.165, 1.54) is 0 Å². The second-order valence-corrected chi connectivity index (χ2v) is 12.8. The Morgan fingerprint density at radius 3 is 2.56 bits per heavy atom. The number of carboxylic acid groups (broad SMARTS) is 1. The fourth-order valence-corrected chi connectivity index (χ4v) is 7.76. The number of fused-ring (bicyclic) bond motifs is 1. The molecule has 39 heavy (non-hydrogen) atoms. The summed E-state index contributed by atoms with van der Waals surface area (Å²) in [6.45, 7) is -0.733. The van der Waals surface area contributed by atoms with Crippen LogP contribution in [-0.2, 0) is 24.4 Å². The van der Waals surface area contributed by atoms with Gasteiger partial charge in [-0.3, -0.25) is 14.4 Å². The molecule has 1 unspecified atom stereocenters. The molecule has 3 amide bonds. The number of thiophene rings is 1. The minimum Gasteiger partial charge on any atom is -0.480 e. The van der Waals surface area contributed by atoms with Crippen molar-refractivity contribution < 1.29 is 50.7 Å². The number of rotatable bonds is 14. The summed E-state index contributed by atoms with van der Waals surface area (Å²) >= 11 is 2.24. The molecule has 1 aromatic heterocycles. The Labute approximate surface area is 228 Å². The third-order valence-corrected chi connectivity index (χ3v) is 10.0. The molecule has 0 spiro atoms. The van der Waals surface area contributed by atoms with E-state index in [1.54, 1.807) is 11.8 Å². The minimum absolute atomic E-state index is 0.000725. The van der Waals surface area contributed by atoms with Crippen LogP contribution in [0, 0.1) is 0 Å². The van der Waals surface area contributed by atoms with Crippen molar-refractivity contribution in [2.45, 2.75) is 66.6 Å². The van der Waals surface area contributed by atoms with Crippen molar-refractivity contribution >= 4 is 62.6 Å². The highest BCUT2D eigenvalue weighted by Gasteiger charge is 2.42. The molecule has 3 rings (SSSR count). The number of alkyl halides is 3. The van der Waals surface area contributed by atoms with Gasteiger partial charge in [-0.05, 0) is 18.9 Å². The molecule has 2 aliphatic heterocycles. The molecular formula is C21H25F3N4O8S3. The van der Waals surface area contributed by atoms with Gasteiger partial charge in [0.2, 0.25) is 21.7 Å². The average Bonchev–Trinajstić information content (AvgIpc) is 3.55. The summed E-state index contributed by atoms with van der Waals surface area (Å²) in [6, 6.07) is -0.917. The first-order valence-electron chi connectivity index (χ1n) is 11.6. The Hall–Kier alpha value is -2.70. The van der Waals surface area contributed by atoms with Crippen molar-refractivity contribution in [2.24, 2.45) is 0 Å². The molecule has 18 heteroatoms. The third-order valence-electron chi connectivity index (χ3n) is 5.99. The molecule has 216 valence electrons. The maximum Gasteiger partial charge on any atom is 0.450 e. The number of carboxylic acids is 1. The minimum atomic E-state index is -5.20. The van der Waals surface area contributed by atoms with Crippen LogP contribution in [-0.4, -0.2) is 84.8 Å². The lowest BCUT2D eigenvalue weighted by atomic mass is 10.0. The number of unbranched alkanes of at least 4 members (excludes halogenated alkanes) is 1. The fraction of sp³-hybridized carbons (Fsp3) is 0.571. The van der Waals surface area contributed by atoms with E-state index < -0.39 is 68.4 Å². The van der Waals surface area contributed by atoms with E-state index >= 15 is 0 Å². The van der Waals surface area contributed by atoms with Gasteiger partial charge in [0.1, 0.15) is 6.04 Å². The maximum atomic E-state index is 12.5. The number of thioether (sulfide) groups is 1. The predicted octanol–water partition coefficient (Wildman–Crippen LogP) is 1.03. The van der Waals surface area contributed by atoms with Gasteiger partial charge in [-0.2, -0.15) is 24.9 Å². The van der Waals surface area contributed by atoms with E-state index in [0.717, 1.165) is 23.6 Å². The van der Waals surface area contributed by atoms with Gasteiger partial charge in [-0.15, -0.1) is 11.3 Å². The molecule has 1 aromatic rings. The molecule has 12 nitrogen and oxygen atoms in total. The van der Waals surface area contributed by atoms with Gasteiger partial charge in [0.25, 0.3) is 0 Å². The van der Waals surface area contributed by atoms with Gasteiger partial charge in [0.05, 0.1) is 28.3 Å². The number of hydrogen-bond donors (Lipinski definition) is 5. The van der Waals surface area contributed by atoms with Gasteiger partial charge in [-0.25, -0.2) is 22.7 Å². The number of Topliss-reactive ketones (excluding diaryl/α,β-unsaturated/α-hetero) is 2. The number of carbonyl (C=O) groups excluding carboxylic acids is 4. The monoisotopic (exact) mass is 614 g/mol. The molecule has 0 radical (unpaired) electrons. The van der Waals surface area contributed by atoms with Crippen molar-refractivity contribution in [2.75, 3.05) is 12.3 Å². The van der Waals surface area contributed by atoms with Crippen molar-refractivity contribution in [3.05, 3.63) is 16.3 Å². The number of urea groups is 1. The number of halogens is 3. The summed E-state index contributed by atoms with van der Waals surface area (Å²) in [4.78, 5) is 57.2. The second kappa shape index (κ2) is 12.6. The summed E-state index contributed by atoms with van der Waals surface area (Å²) in [6.07, 6.45) is -4.83. The highest BCUT2D eigenvalue weighted by Crippen LogP contribution is 2.33. The van der Waals surface area contributed by atoms with E-state index in [-0.39, 0.29) is 29.8 Å². The zero-order valence-electron chi connectivity index (χ0n) is 20.1. The quantitative estimate of drug-likeness (QED) is 0.0883. The molecule has 2 fully saturated rings. The highest BCUT2D eigenvalue weighted by atomic mass is 32.2. The lowest BCUT2D eigenvalue weighted by Gasteiger charge is -2.17. The first kappa shape index (κ1) is 30.8. The molecule has 2 aliphatic rings. The number of carbonyl (C=O) groups is 5. The van der Waals surface area contributed by atoms with Crippen LogP contribution in [0.3, 0.4) is 0 Å². The van der Waals surface area contributed by atoms with Gasteiger partial charge in [0, 0.05) is 29.3 Å². The zero-order valence-corrected chi connectivity index (χ0v) is 22.5. The van der Waals surface area contributed by atoms with Crippen LogP contribution >= 0.6 is 23.1 Å². The van der Waals surface area contributed by atoms with E-state index in [9.17, 15) is 50.7 Å². The molecule has 3 heterocycles. The fourth-order valence-electron chi connectivity index (χ4n) is 3.96. The van der Waals surface area contributed by atoms with Crippen LogP contribution in [0.15, 0.2) is 16.3 Å². The van der Waals surface area contributed by atoms with Crippen LogP contribution in [0.5, 0.6) is 0 Å². The van der Waals surface area contributed by atoms with Crippen molar-refractivity contribution in [3.63, 3.8) is 0 Å². The Balaban J connectivity index is 1.44. The lowest BCUT2D eigenvalue weighted by molar-refractivity contribution is -0.170. The molecule has 0 aliphatic carbocycles. The number of aliphatic carboxylic acids is 1. The third kappa shape index (κ3) is 8.39. The van der Waals surface area contributed by atoms with Crippen LogP contribution in [0.4, 0.5) is 18.0 Å². The normalized spacial score (nSPS) is 21.5. The SMILES string of the molecule is O=C(CCCC[C@@H]1SC[C@@H]2NC(=O)N[C@@H]21)NC(CNS(=O)(=O)c1csc(C(=O)CC(=O)C(F)(F)F)c1)C(=O)O. The summed E-state index contributed by atoms with van der Waals surface area (Å²) in [5, 5.41) is 18.5. The molecule has 5 N–H and O–H groups in total. The van der Waals surface area contributed by atoms with Gasteiger partial charge < -0.3 is 21.1 Å². The number of hydrogen-bond acceptors (Lipinski definition) is 9. The highest BCUT2D eigenvalue weighted by molar-refractivity contribution is 8.00. The summed E-state index contributed by atoms with van der Waals surface area (Å²) in [7, 11) is -4.39. The summed E-state index contributed by atoms with van der Waals surface area (Å²) in [5.74, 6) is -4.79. The van der Waals surface area contributed by atoms with Gasteiger partial charge in [-0.1, -0.05) is 6.42 Å².